The summed E-state index contributed by atoms with van der Waals surface area (Å²) >= 11 is 6.26. The van der Waals surface area contributed by atoms with Crippen molar-refractivity contribution >= 4 is 23.2 Å². The molecule has 1 aromatic carbocycles. The number of benzene rings is 1. The summed E-state index contributed by atoms with van der Waals surface area (Å²) < 4.78 is 0. The van der Waals surface area contributed by atoms with Crippen LogP contribution < -0.4 is 10.6 Å². The highest BCUT2D eigenvalue weighted by atomic mass is 35.5. The maximum atomic E-state index is 12.3. The predicted octanol–water partition coefficient (Wildman–Crippen LogP) is 3.34. The fourth-order valence-electron chi connectivity index (χ4n) is 2.65. The van der Waals surface area contributed by atoms with Crippen molar-refractivity contribution in [2.24, 2.45) is 5.92 Å². The van der Waals surface area contributed by atoms with Crippen LogP contribution in [0.4, 0.5) is 5.69 Å². The Bertz CT molecular complexity index is 654. The summed E-state index contributed by atoms with van der Waals surface area (Å²) in [6.07, 6.45) is 3.49. The lowest BCUT2D eigenvalue weighted by atomic mass is 9.97. The summed E-state index contributed by atoms with van der Waals surface area (Å²) in [5, 5.41) is 6.89. The second-order valence-corrected chi connectivity index (χ2v) is 5.83. The minimum Gasteiger partial charge on any atom is -0.326 e. The molecule has 5 heteroatoms. The second-order valence-electron chi connectivity index (χ2n) is 5.42. The van der Waals surface area contributed by atoms with Gasteiger partial charge in [0.15, 0.2) is 0 Å². The molecule has 0 saturated carbocycles. The summed E-state index contributed by atoms with van der Waals surface area (Å²) in [4.78, 5) is 16.6. The third kappa shape index (κ3) is 3.46. The fraction of sp³-hybridized carbons (Fsp3) is 0.294. The SMILES string of the molecule is O=C(Nc1ccc(Cl)c(-c2ccccn2)c1)C1CCNCC1. The Morgan fingerprint density at radius 1 is 1.23 bits per heavy atom. The highest BCUT2D eigenvalue weighted by Crippen LogP contribution is 2.29. The number of pyridine rings is 1. The van der Waals surface area contributed by atoms with Gasteiger partial charge in [-0.05, 0) is 56.3 Å². The lowest BCUT2D eigenvalue weighted by Crippen LogP contribution is -2.34. The van der Waals surface area contributed by atoms with Gasteiger partial charge in [0.2, 0.25) is 5.91 Å². The number of carbonyl (C=O) groups excluding carboxylic acids is 1. The molecule has 1 amide bonds. The Hall–Kier alpha value is -1.91. The van der Waals surface area contributed by atoms with Gasteiger partial charge in [-0.2, -0.15) is 0 Å². The first-order chi connectivity index (χ1) is 10.7. The van der Waals surface area contributed by atoms with Crippen molar-refractivity contribution in [2.75, 3.05) is 18.4 Å². The van der Waals surface area contributed by atoms with Crippen LogP contribution in [0.5, 0.6) is 0 Å². The average Bonchev–Trinajstić information content (AvgIpc) is 2.58. The molecule has 1 fully saturated rings. The molecule has 0 unspecified atom stereocenters. The minimum atomic E-state index is 0.0789. The molecule has 114 valence electrons. The molecule has 1 aromatic heterocycles. The van der Waals surface area contributed by atoms with Gasteiger partial charge in [0.25, 0.3) is 0 Å². The number of amides is 1. The van der Waals surface area contributed by atoms with Crippen molar-refractivity contribution < 1.29 is 4.79 Å². The molecule has 2 N–H and O–H groups in total. The predicted molar refractivity (Wildman–Crippen MR) is 88.9 cm³/mol. The smallest absolute Gasteiger partial charge is 0.227 e. The molecule has 1 saturated heterocycles. The number of aromatic nitrogens is 1. The van der Waals surface area contributed by atoms with Crippen LogP contribution in [0.3, 0.4) is 0 Å². The Morgan fingerprint density at radius 3 is 2.77 bits per heavy atom. The van der Waals surface area contributed by atoms with Gasteiger partial charge in [0.05, 0.1) is 10.7 Å². The summed E-state index contributed by atoms with van der Waals surface area (Å²) in [7, 11) is 0. The summed E-state index contributed by atoms with van der Waals surface area (Å²) in [6, 6.07) is 11.2. The maximum Gasteiger partial charge on any atom is 0.227 e. The Labute approximate surface area is 134 Å². The molecule has 0 bridgehead atoms. The molecule has 22 heavy (non-hydrogen) atoms. The third-order valence-electron chi connectivity index (χ3n) is 3.88. The van der Waals surface area contributed by atoms with Crippen LogP contribution in [0.25, 0.3) is 11.3 Å². The number of hydrogen-bond acceptors (Lipinski definition) is 3. The Morgan fingerprint density at radius 2 is 2.05 bits per heavy atom. The molecule has 2 heterocycles. The minimum absolute atomic E-state index is 0.0789. The van der Waals surface area contributed by atoms with Gasteiger partial charge in [0.1, 0.15) is 0 Å². The van der Waals surface area contributed by atoms with Crippen molar-refractivity contribution in [3.8, 4) is 11.3 Å². The van der Waals surface area contributed by atoms with Crippen LogP contribution in [-0.4, -0.2) is 24.0 Å². The van der Waals surface area contributed by atoms with Crippen molar-refractivity contribution in [1.29, 1.82) is 0 Å². The maximum absolute atomic E-state index is 12.3. The normalized spacial score (nSPS) is 15.5. The van der Waals surface area contributed by atoms with E-state index >= 15 is 0 Å². The van der Waals surface area contributed by atoms with Crippen LogP contribution in [0.15, 0.2) is 42.6 Å². The number of nitrogens with one attached hydrogen (secondary N) is 2. The van der Waals surface area contributed by atoms with E-state index in [1.54, 1.807) is 12.3 Å². The zero-order valence-corrected chi connectivity index (χ0v) is 12.9. The van der Waals surface area contributed by atoms with E-state index < -0.39 is 0 Å². The van der Waals surface area contributed by atoms with Crippen LogP contribution >= 0.6 is 11.6 Å². The zero-order valence-electron chi connectivity index (χ0n) is 12.2. The first-order valence-corrected chi connectivity index (χ1v) is 7.84. The monoisotopic (exact) mass is 315 g/mol. The molecule has 2 aromatic rings. The first kappa shape index (κ1) is 15.0. The van der Waals surface area contributed by atoms with Crippen molar-refractivity contribution in [1.82, 2.24) is 10.3 Å². The van der Waals surface area contributed by atoms with E-state index in [2.05, 4.69) is 15.6 Å². The number of carbonyl (C=O) groups is 1. The van der Waals surface area contributed by atoms with Crippen molar-refractivity contribution in [3.63, 3.8) is 0 Å². The zero-order chi connectivity index (χ0) is 15.4. The van der Waals surface area contributed by atoms with Crippen molar-refractivity contribution in [3.05, 3.63) is 47.6 Å². The highest BCUT2D eigenvalue weighted by Gasteiger charge is 2.21. The van der Waals surface area contributed by atoms with Gasteiger partial charge < -0.3 is 10.6 Å². The molecular weight excluding hydrogens is 298 g/mol. The van der Waals surface area contributed by atoms with Gasteiger partial charge >= 0.3 is 0 Å². The summed E-state index contributed by atoms with van der Waals surface area (Å²) in [5.41, 5.74) is 2.38. The molecule has 1 aliphatic rings. The summed E-state index contributed by atoms with van der Waals surface area (Å²) in [6.45, 7) is 1.80. The van der Waals surface area contributed by atoms with Crippen molar-refractivity contribution in [2.45, 2.75) is 12.8 Å². The number of halogens is 1. The van der Waals surface area contributed by atoms with E-state index in [1.165, 1.54) is 0 Å². The number of rotatable bonds is 3. The van der Waals surface area contributed by atoms with E-state index in [0.29, 0.717) is 5.02 Å². The van der Waals surface area contributed by atoms with E-state index in [4.69, 9.17) is 11.6 Å². The lowest BCUT2D eigenvalue weighted by Gasteiger charge is -2.22. The van der Waals surface area contributed by atoms with E-state index in [0.717, 1.165) is 42.9 Å². The number of anilines is 1. The van der Waals surface area contributed by atoms with E-state index in [9.17, 15) is 4.79 Å². The molecule has 1 aliphatic heterocycles. The molecule has 0 atom stereocenters. The number of piperidine rings is 1. The standard InChI is InChI=1S/C17H18ClN3O/c18-15-5-4-13(11-14(15)16-3-1-2-8-20-16)21-17(22)12-6-9-19-10-7-12/h1-5,8,11-12,19H,6-7,9-10H2,(H,21,22). The number of nitrogens with zero attached hydrogens (tertiary/aromatic N) is 1. The molecule has 0 radical (unpaired) electrons. The highest BCUT2D eigenvalue weighted by molar-refractivity contribution is 6.33. The molecular formula is C17H18ClN3O. The van der Waals surface area contributed by atoms with Gasteiger partial charge in [-0.15, -0.1) is 0 Å². The second kappa shape index (κ2) is 6.90. The third-order valence-corrected chi connectivity index (χ3v) is 4.21. The van der Waals surface area contributed by atoms with Gasteiger partial charge in [0, 0.05) is 23.4 Å². The van der Waals surface area contributed by atoms with E-state index in [1.807, 2.05) is 30.3 Å². The quantitative estimate of drug-likeness (QED) is 0.913. The van der Waals surface area contributed by atoms with Gasteiger partial charge in [-0.1, -0.05) is 17.7 Å². The lowest BCUT2D eigenvalue weighted by molar-refractivity contribution is -0.120. The topological polar surface area (TPSA) is 54.0 Å². The van der Waals surface area contributed by atoms with Gasteiger partial charge in [-0.3, -0.25) is 9.78 Å². The molecule has 4 nitrogen and oxygen atoms in total. The molecule has 3 rings (SSSR count). The average molecular weight is 316 g/mol. The van der Waals surface area contributed by atoms with Crippen LogP contribution in [0.1, 0.15) is 12.8 Å². The molecule has 0 aliphatic carbocycles. The summed E-state index contributed by atoms with van der Waals surface area (Å²) in [5.74, 6) is 0.158. The van der Waals surface area contributed by atoms with Crippen LogP contribution in [0.2, 0.25) is 5.02 Å². The van der Waals surface area contributed by atoms with E-state index in [-0.39, 0.29) is 11.8 Å². The molecule has 0 spiro atoms. The largest absolute Gasteiger partial charge is 0.326 e. The van der Waals surface area contributed by atoms with Gasteiger partial charge in [-0.25, -0.2) is 0 Å². The Balaban J connectivity index is 1.79. The van der Waals surface area contributed by atoms with Crippen LogP contribution in [-0.2, 0) is 4.79 Å². The fourth-order valence-corrected chi connectivity index (χ4v) is 2.86. The Kier molecular flexibility index (Phi) is 4.71. The van der Waals surface area contributed by atoms with Crippen LogP contribution in [0, 0.1) is 5.92 Å². The first-order valence-electron chi connectivity index (χ1n) is 7.46. The number of hydrogen-bond donors (Lipinski definition) is 2.